The maximum absolute atomic E-state index is 12.5. The average Bonchev–Trinajstić information content (AvgIpc) is 2.75. The number of amides is 1. The summed E-state index contributed by atoms with van der Waals surface area (Å²) in [6.45, 7) is 6.13. The Morgan fingerprint density at radius 3 is 3.00 bits per heavy atom. The molecule has 1 aromatic carbocycles. The average molecular weight is 270 g/mol. The Hall–Kier alpha value is -1.77. The van der Waals surface area contributed by atoms with Gasteiger partial charge < -0.3 is 9.88 Å². The van der Waals surface area contributed by atoms with E-state index in [1.165, 1.54) is 11.8 Å². The summed E-state index contributed by atoms with van der Waals surface area (Å²) in [5.41, 5.74) is 3.40. The van der Waals surface area contributed by atoms with Crippen LogP contribution in [0.25, 0.3) is 10.9 Å². The molecule has 1 aliphatic heterocycles. The number of aromatic amines is 1. The van der Waals surface area contributed by atoms with Crippen molar-refractivity contribution >= 4 is 16.8 Å². The summed E-state index contributed by atoms with van der Waals surface area (Å²) in [7, 11) is 0. The van der Waals surface area contributed by atoms with Crippen molar-refractivity contribution in [2.24, 2.45) is 5.92 Å². The molecule has 0 spiro atoms. The molecule has 0 radical (unpaired) electrons. The molecule has 1 N–H and O–H groups in total. The molecule has 3 heteroatoms. The van der Waals surface area contributed by atoms with Gasteiger partial charge in [-0.05, 0) is 37.3 Å². The van der Waals surface area contributed by atoms with E-state index in [0.29, 0.717) is 12.3 Å². The SMILES string of the molecule is Cc1[nH]c2ccccc2c1CC(=O)N1CCCC(C)C1. The zero-order valence-corrected chi connectivity index (χ0v) is 12.3. The summed E-state index contributed by atoms with van der Waals surface area (Å²) >= 11 is 0. The smallest absolute Gasteiger partial charge is 0.227 e. The normalized spacial score (nSPS) is 19.5. The second-order valence-electron chi connectivity index (χ2n) is 6.04. The summed E-state index contributed by atoms with van der Waals surface area (Å²) in [6, 6.07) is 8.22. The van der Waals surface area contributed by atoms with Gasteiger partial charge in [-0.25, -0.2) is 0 Å². The Morgan fingerprint density at radius 2 is 2.20 bits per heavy atom. The highest BCUT2D eigenvalue weighted by molar-refractivity contribution is 5.90. The fraction of sp³-hybridized carbons (Fsp3) is 0.471. The van der Waals surface area contributed by atoms with Crippen molar-refractivity contribution in [1.29, 1.82) is 0 Å². The minimum atomic E-state index is 0.268. The molecule has 1 aliphatic rings. The number of aromatic nitrogens is 1. The van der Waals surface area contributed by atoms with Gasteiger partial charge in [0.25, 0.3) is 0 Å². The van der Waals surface area contributed by atoms with Crippen LogP contribution in [-0.4, -0.2) is 28.9 Å². The van der Waals surface area contributed by atoms with Gasteiger partial charge in [0.15, 0.2) is 0 Å². The van der Waals surface area contributed by atoms with Gasteiger partial charge in [-0.3, -0.25) is 4.79 Å². The minimum absolute atomic E-state index is 0.268. The van der Waals surface area contributed by atoms with Crippen LogP contribution in [0, 0.1) is 12.8 Å². The molecule has 3 nitrogen and oxygen atoms in total. The molecule has 1 fully saturated rings. The number of piperidine rings is 1. The molecule has 0 aliphatic carbocycles. The number of hydrogen-bond donors (Lipinski definition) is 1. The van der Waals surface area contributed by atoms with E-state index in [-0.39, 0.29) is 5.91 Å². The highest BCUT2D eigenvalue weighted by atomic mass is 16.2. The number of likely N-dealkylation sites (tertiary alicyclic amines) is 1. The number of aryl methyl sites for hydroxylation is 1. The predicted octanol–water partition coefficient (Wildman–Crippen LogP) is 3.28. The van der Waals surface area contributed by atoms with Gasteiger partial charge in [0.05, 0.1) is 6.42 Å². The van der Waals surface area contributed by atoms with Gasteiger partial charge in [-0.2, -0.15) is 0 Å². The van der Waals surface area contributed by atoms with Crippen molar-refractivity contribution in [1.82, 2.24) is 9.88 Å². The number of nitrogens with zero attached hydrogens (tertiary/aromatic N) is 1. The van der Waals surface area contributed by atoms with E-state index in [2.05, 4.69) is 31.0 Å². The molecule has 20 heavy (non-hydrogen) atoms. The summed E-state index contributed by atoms with van der Waals surface area (Å²) in [5, 5.41) is 1.18. The number of para-hydroxylation sites is 1. The van der Waals surface area contributed by atoms with E-state index in [1.807, 2.05) is 17.0 Å². The lowest BCUT2D eigenvalue weighted by Crippen LogP contribution is -2.40. The van der Waals surface area contributed by atoms with Crippen molar-refractivity contribution in [3.63, 3.8) is 0 Å². The van der Waals surface area contributed by atoms with Crippen LogP contribution < -0.4 is 0 Å². The van der Waals surface area contributed by atoms with E-state index in [9.17, 15) is 4.79 Å². The third-order valence-corrected chi connectivity index (χ3v) is 4.36. The van der Waals surface area contributed by atoms with Crippen LogP contribution in [0.5, 0.6) is 0 Å². The second kappa shape index (κ2) is 5.31. The van der Waals surface area contributed by atoms with E-state index >= 15 is 0 Å². The molecule has 1 unspecified atom stereocenters. The Labute approximate surface area is 120 Å². The van der Waals surface area contributed by atoms with Gasteiger partial charge in [0.1, 0.15) is 0 Å². The van der Waals surface area contributed by atoms with E-state index in [0.717, 1.165) is 36.3 Å². The number of fused-ring (bicyclic) bond motifs is 1. The van der Waals surface area contributed by atoms with Crippen molar-refractivity contribution in [3.05, 3.63) is 35.5 Å². The highest BCUT2D eigenvalue weighted by Gasteiger charge is 2.22. The van der Waals surface area contributed by atoms with Crippen LogP contribution in [0.4, 0.5) is 0 Å². The third kappa shape index (κ3) is 2.45. The monoisotopic (exact) mass is 270 g/mol. The van der Waals surface area contributed by atoms with Crippen LogP contribution in [0.3, 0.4) is 0 Å². The van der Waals surface area contributed by atoms with Gasteiger partial charge in [0.2, 0.25) is 5.91 Å². The quantitative estimate of drug-likeness (QED) is 0.893. The summed E-state index contributed by atoms with van der Waals surface area (Å²) in [6.07, 6.45) is 2.90. The van der Waals surface area contributed by atoms with Gasteiger partial charge in [-0.15, -0.1) is 0 Å². The molecule has 1 amide bonds. The Morgan fingerprint density at radius 1 is 1.40 bits per heavy atom. The number of carbonyl (C=O) groups excluding carboxylic acids is 1. The molecule has 106 valence electrons. The van der Waals surface area contributed by atoms with Crippen molar-refractivity contribution in [3.8, 4) is 0 Å². The van der Waals surface area contributed by atoms with E-state index in [4.69, 9.17) is 0 Å². The zero-order chi connectivity index (χ0) is 14.1. The Bertz CT molecular complexity index is 629. The molecule has 2 heterocycles. The summed E-state index contributed by atoms with van der Waals surface area (Å²) in [5.74, 6) is 0.904. The minimum Gasteiger partial charge on any atom is -0.358 e. The predicted molar refractivity (Wildman–Crippen MR) is 81.7 cm³/mol. The van der Waals surface area contributed by atoms with Gasteiger partial charge >= 0.3 is 0 Å². The molecule has 0 bridgehead atoms. The largest absolute Gasteiger partial charge is 0.358 e. The second-order valence-corrected chi connectivity index (χ2v) is 6.04. The van der Waals surface area contributed by atoms with Crippen LogP contribution >= 0.6 is 0 Å². The van der Waals surface area contributed by atoms with Crippen LogP contribution in [-0.2, 0) is 11.2 Å². The standard InChI is InChI=1S/C17H22N2O/c1-12-6-5-9-19(11-12)17(20)10-15-13(2)18-16-8-4-3-7-14(15)16/h3-4,7-8,12,18H,5-6,9-11H2,1-2H3. The first kappa shape index (κ1) is 13.2. The Kier molecular flexibility index (Phi) is 3.51. The van der Waals surface area contributed by atoms with Crippen molar-refractivity contribution in [2.75, 3.05) is 13.1 Å². The lowest BCUT2D eigenvalue weighted by Gasteiger charge is -2.31. The maximum atomic E-state index is 12.5. The molecule has 3 rings (SSSR count). The maximum Gasteiger partial charge on any atom is 0.227 e. The molecular formula is C17H22N2O. The number of rotatable bonds is 2. The highest BCUT2D eigenvalue weighted by Crippen LogP contribution is 2.24. The van der Waals surface area contributed by atoms with Crippen molar-refractivity contribution < 1.29 is 4.79 Å². The molecular weight excluding hydrogens is 248 g/mol. The fourth-order valence-electron chi connectivity index (χ4n) is 3.24. The Balaban J connectivity index is 1.82. The zero-order valence-electron chi connectivity index (χ0n) is 12.3. The first-order valence-corrected chi connectivity index (χ1v) is 7.49. The lowest BCUT2D eigenvalue weighted by atomic mass is 9.99. The number of benzene rings is 1. The summed E-state index contributed by atoms with van der Waals surface area (Å²) < 4.78 is 0. The first-order chi connectivity index (χ1) is 9.65. The molecule has 2 aromatic rings. The van der Waals surface area contributed by atoms with Crippen LogP contribution in [0.2, 0.25) is 0 Å². The fourth-order valence-corrected chi connectivity index (χ4v) is 3.24. The molecule has 1 saturated heterocycles. The van der Waals surface area contributed by atoms with Crippen LogP contribution in [0.1, 0.15) is 31.0 Å². The lowest BCUT2D eigenvalue weighted by molar-refractivity contribution is -0.132. The number of hydrogen-bond acceptors (Lipinski definition) is 1. The van der Waals surface area contributed by atoms with Gasteiger partial charge in [0, 0.05) is 29.7 Å². The van der Waals surface area contributed by atoms with E-state index in [1.54, 1.807) is 0 Å². The third-order valence-electron chi connectivity index (χ3n) is 4.36. The number of carbonyl (C=O) groups is 1. The number of H-pyrrole nitrogens is 1. The van der Waals surface area contributed by atoms with Gasteiger partial charge in [-0.1, -0.05) is 25.1 Å². The van der Waals surface area contributed by atoms with Crippen LogP contribution in [0.15, 0.2) is 24.3 Å². The molecule has 0 saturated carbocycles. The molecule has 1 aromatic heterocycles. The van der Waals surface area contributed by atoms with E-state index < -0.39 is 0 Å². The number of nitrogens with one attached hydrogen (secondary N) is 1. The van der Waals surface area contributed by atoms with Crippen molar-refractivity contribution in [2.45, 2.75) is 33.1 Å². The topological polar surface area (TPSA) is 36.1 Å². The first-order valence-electron chi connectivity index (χ1n) is 7.49. The summed E-state index contributed by atoms with van der Waals surface area (Å²) in [4.78, 5) is 17.9. The molecule has 1 atom stereocenters.